The molecule has 3 nitrogen and oxygen atoms in total. The average Bonchev–Trinajstić information content (AvgIpc) is 2.37. The normalized spacial score (nSPS) is 16.5. The fraction of sp³-hybridized carbons (Fsp3) is 0.462. The average molecular weight is 253 g/mol. The lowest BCUT2D eigenvalue weighted by molar-refractivity contribution is -0.135. The van der Waals surface area contributed by atoms with E-state index < -0.39 is 0 Å². The smallest absolute Gasteiger partial charge is 0.226 e. The van der Waals surface area contributed by atoms with Crippen LogP contribution in [0.15, 0.2) is 18.2 Å². The zero-order valence-corrected chi connectivity index (χ0v) is 10.7. The van der Waals surface area contributed by atoms with Crippen LogP contribution in [0, 0.1) is 5.92 Å². The minimum Gasteiger partial charge on any atom is -0.338 e. The SMILES string of the molecule is CC(CN)C(=O)N1CCc2c(Cl)cccc2C1. The minimum atomic E-state index is -0.101. The van der Waals surface area contributed by atoms with Gasteiger partial charge in [-0.05, 0) is 23.6 Å². The molecule has 92 valence electrons. The van der Waals surface area contributed by atoms with Gasteiger partial charge in [-0.1, -0.05) is 30.7 Å². The molecule has 0 bridgehead atoms. The largest absolute Gasteiger partial charge is 0.338 e. The van der Waals surface area contributed by atoms with Crippen LogP contribution in [0.1, 0.15) is 18.1 Å². The van der Waals surface area contributed by atoms with Gasteiger partial charge in [0.25, 0.3) is 0 Å². The number of nitrogens with zero attached hydrogens (tertiary/aromatic N) is 1. The molecule has 2 N–H and O–H groups in total. The van der Waals surface area contributed by atoms with Crippen molar-refractivity contribution in [1.82, 2.24) is 4.90 Å². The first-order valence-electron chi connectivity index (χ1n) is 5.88. The van der Waals surface area contributed by atoms with E-state index in [2.05, 4.69) is 0 Å². The summed E-state index contributed by atoms with van der Waals surface area (Å²) in [5.41, 5.74) is 7.86. The fourth-order valence-corrected chi connectivity index (χ4v) is 2.45. The number of benzene rings is 1. The van der Waals surface area contributed by atoms with Gasteiger partial charge < -0.3 is 10.6 Å². The van der Waals surface area contributed by atoms with Crippen molar-refractivity contribution in [2.75, 3.05) is 13.1 Å². The number of hydrogen-bond acceptors (Lipinski definition) is 2. The molecule has 4 heteroatoms. The Labute approximate surface area is 107 Å². The molecular formula is C13H17ClN2O. The third kappa shape index (κ3) is 2.45. The van der Waals surface area contributed by atoms with Crippen molar-refractivity contribution < 1.29 is 4.79 Å². The minimum absolute atomic E-state index is 0.101. The van der Waals surface area contributed by atoms with Crippen LogP contribution in [0.3, 0.4) is 0 Å². The fourth-order valence-electron chi connectivity index (χ4n) is 2.16. The van der Waals surface area contributed by atoms with Crippen molar-refractivity contribution in [2.45, 2.75) is 19.9 Å². The lowest BCUT2D eigenvalue weighted by Crippen LogP contribution is -2.41. The summed E-state index contributed by atoms with van der Waals surface area (Å²) in [6, 6.07) is 5.87. The van der Waals surface area contributed by atoms with Crippen LogP contribution in [-0.2, 0) is 17.8 Å². The Kier molecular flexibility index (Phi) is 3.69. The molecular weight excluding hydrogens is 236 g/mol. The zero-order chi connectivity index (χ0) is 12.4. The monoisotopic (exact) mass is 252 g/mol. The molecule has 0 spiro atoms. The Morgan fingerprint density at radius 1 is 1.59 bits per heavy atom. The molecule has 1 aromatic rings. The van der Waals surface area contributed by atoms with Gasteiger partial charge in [-0.25, -0.2) is 0 Å². The van der Waals surface area contributed by atoms with Gasteiger partial charge in [0, 0.05) is 30.6 Å². The summed E-state index contributed by atoms with van der Waals surface area (Å²) >= 11 is 6.14. The van der Waals surface area contributed by atoms with Crippen molar-refractivity contribution in [2.24, 2.45) is 11.7 Å². The van der Waals surface area contributed by atoms with Crippen LogP contribution in [0.25, 0.3) is 0 Å². The number of nitrogens with two attached hydrogens (primary N) is 1. The number of rotatable bonds is 2. The lowest BCUT2D eigenvalue weighted by atomic mass is 9.98. The van der Waals surface area contributed by atoms with Crippen molar-refractivity contribution in [3.05, 3.63) is 34.3 Å². The maximum Gasteiger partial charge on any atom is 0.226 e. The number of carbonyl (C=O) groups excluding carboxylic acids is 1. The molecule has 0 aromatic heterocycles. The second kappa shape index (κ2) is 5.07. The highest BCUT2D eigenvalue weighted by molar-refractivity contribution is 6.31. The summed E-state index contributed by atoms with van der Waals surface area (Å²) in [5.74, 6) is 0.0360. The van der Waals surface area contributed by atoms with Crippen LogP contribution in [0.5, 0.6) is 0 Å². The molecule has 1 aliphatic rings. The maximum absolute atomic E-state index is 12.0. The second-order valence-electron chi connectivity index (χ2n) is 4.52. The van der Waals surface area contributed by atoms with Gasteiger partial charge in [0.05, 0.1) is 0 Å². The summed E-state index contributed by atoms with van der Waals surface area (Å²) in [7, 11) is 0. The molecule has 17 heavy (non-hydrogen) atoms. The summed E-state index contributed by atoms with van der Waals surface area (Å²) in [5, 5.41) is 0.807. The zero-order valence-electron chi connectivity index (χ0n) is 9.95. The van der Waals surface area contributed by atoms with Crippen LogP contribution >= 0.6 is 11.6 Å². The van der Waals surface area contributed by atoms with E-state index in [9.17, 15) is 4.79 Å². The Bertz CT molecular complexity index is 433. The molecule has 0 fully saturated rings. The molecule has 1 aliphatic heterocycles. The molecule has 0 radical (unpaired) electrons. The predicted octanol–water partition coefficient (Wildman–Crippen LogP) is 1.82. The van der Waals surface area contributed by atoms with Gasteiger partial charge in [-0.15, -0.1) is 0 Å². The Morgan fingerprint density at radius 2 is 2.35 bits per heavy atom. The van der Waals surface area contributed by atoms with E-state index in [0.717, 1.165) is 23.6 Å². The number of amides is 1. The van der Waals surface area contributed by atoms with E-state index >= 15 is 0 Å². The predicted molar refractivity (Wildman–Crippen MR) is 68.8 cm³/mol. The van der Waals surface area contributed by atoms with Crippen LogP contribution in [0.2, 0.25) is 5.02 Å². The number of carbonyl (C=O) groups is 1. The van der Waals surface area contributed by atoms with Gasteiger partial charge in [0.2, 0.25) is 5.91 Å². The topological polar surface area (TPSA) is 46.3 Å². The van der Waals surface area contributed by atoms with Crippen LogP contribution < -0.4 is 5.73 Å². The van der Waals surface area contributed by atoms with Gasteiger partial charge in [-0.3, -0.25) is 4.79 Å². The van der Waals surface area contributed by atoms with E-state index in [1.54, 1.807) is 0 Å². The van der Waals surface area contributed by atoms with E-state index in [0.29, 0.717) is 13.1 Å². The van der Waals surface area contributed by atoms with Crippen LogP contribution in [-0.4, -0.2) is 23.9 Å². The molecule has 1 heterocycles. The van der Waals surface area contributed by atoms with E-state index in [1.165, 1.54) is 5.56 Å². The quantitative estimate of drug-likeness (QED) is 0.873. The number of hydrogen-bond donors (Lipinski definition) is 1. The Balaban J connectivity index is 2.16. The summed E-state index contributed by atoms with van der Waals surface area (Å²) < 4.78 is 0. The van der Waals surface area contributed by atoms with E-state index in [1.807, 2.05) is 30.0 Å². The number of fused-ring (bicyclic) bond motifs is 1. The molecule has 1 amide bonds. The molecule has 0 saturated carbocycles. The molecule has 1 unspecified atom stereocenters. The first-order chi connectivity index (χ1) is 8.13. The first kappa shape index (κ1) is 12.4. The highest BCUT2D eigenvalue weighted by Crippen LogP contribution is 2.26. The van der Waals surface area contributed by atoms with Crippen LogP contribution in [0.4, 0.5) is 0 Å². The Hall–Kier alpha value is -1.06. The summed E-state index contributed by atoms with van der Waals surface area (Å²) in [6.45, 7) is 3.66. The third-order valence-electron chi connectivity index (χ3n) is 3.30. The van der Waals surface area contributed by atoms with Crippen molar-refractivity contribution >= 4 is 17.5 Å². The summed E-state index contributed by atoms with van der Waals surface area (Å²) in [4.78, 5) is 13.9. The van der Waals surface area contributed by atoms with Gasteiger partial charge in [-0.2, -0.15) is 0 Å². The molecule has 1 atom stereocenters. The standard InChI is InChI=1S/C13H17ClN2O/c1-9(7-15)13(17)16-6-5-11-10(8-16)3-2-4-12(11)14/h2-4,9H,5-8,15H2,1H3. The van der Waals surface area contributed by atoms with Gasteiger partial charge in [0.1, 0.15) is 0 Å². The third-order valence-corrected chi connectivity index (χ3v) is 3.65. The number of halogens is 1. The Morgan fingerprint density at radius 3 is 3.06 bits per heavy atom. The lowest BCUT2D eigenvalue weighted by Gasteiger charge is -2.31. The second-order valence-corrected chi connectivity index (χ2v) is 4.93. The highest BCUT2D eigenvalue weighted by Gasteiger charge is 2.24. The maximum atomic E-state index is 12.0. The van der Waals surface area contributed by atoms with Crippen molar-refractivity contribution in [1.29, 1.82) is 0 Å². The molecule has 1 aromatic carbocycles. The molecule has 2 rings (SSSR count). The first-order valence-corrected chi connectivity index (χ1v) is 6.26. The van der Waals surface area contributed by atoms with Gasteiger partial charge >= 0.3 is 0 Å². The van der Waals surface area contributed by atoms with Crippen molar-refractivity contribution in [3.8, 4) is 0 Å². The van der Waals surface area contributed by atoms with E-state index in [4.69, 9.17) is 17.3 Å². The van der Waals surface area contributed by atoms with Crippen molar-refractivity contribution in [3.63, 3.8) is 0 Å². The molecule has 0 aliphatic carbocycles. The highest BCUT2D eigenvalue weighted by atomic mass is 35.5. The molecule has 0 saturated heterocycles. The van der Waals surface area contributed by atoms with Gasteiger partial charge in [0.15, 0.2) is 0 Å². The summed E-state index contributed by atoms with van der Waals surface area (Å²) in [6.07, 6.45) is 0.831. The van der Waals surface area contributed by atoms with E-state index in [-0.39, 0.29) is 11.8 Å².